The van der Waals surface area contributed by atoms with Gasteiger partial charge in [-0.15, -0.1) is 11.6 Å². The largest absolute Gasteiger partial charge is 0.463 e. The number of hydrogen-bond donors (Lipinski definition) is 0. The fourth-order valence-corrected chi connectivity index (χ4v) is 1.82. The molecule has 1 amide bonds. The third kappa shape index (κ3) is 3.62. The quantitative estimate of drug-likeness (QED) is 0.747. The lowest BCUT2D eigenvalue weighted by Crippen LogP contribution is -2.33. The van der Waals surface area contributed by atoms with E-state index >= 15 is 0 Å². The van der Waals surface area contributed by atoms with Crippen LogP contribution >= 0.6 is 11.6 Å². The Morgan fingerprint density at radius 3 is 2.67 bits per heavy atom. The van der Waals surface area contributed by atoms with Crippen molar-refractivity contribution in [3.63, 3.8) is 0 Å². The molecule has 1 aromatic rings. The summed E-state index contributed by atoms with van der Waals surface area (Å²) in [7, 11) is 1.60. The van der Waals surface area contributed by atoms with Gasteiger partial charge in [0.05, 0.1) is 18.6 Å². The molecule has 0 spiro atoms. The van der Waals surface area contributed by atoms with Crippen molar-refractivity contribution in [3.05, 3.63) is 29.7 Å². The summed E-state index contributed by atoms with van der Waals surface area (Å²) in [6.45, 7) is 4.75. The Morgan fingerprint density at radius 1 is 1.50 bits per heavy atom. The van der Waals surface area contributed by atoms with Gasteiger partial charge in [0, 0.05) is 13.7 Å². The molecule has 0 aliphatic carbocycles. The van der Waals surface area contributed by atoms with Gasteiger partial charge in [-0.1, -0.05) is 0 Å². The number of allylic oxidation sites excluding steroid dienone is 1. The minimum absolute atomic E-state index is 0.0683. The number of ether oxygens (including phenoxy) is 1. The molecule has 0 unspecified atom stereocenters. The Bertz CT molecular complexity index is 408. The van der Waals surface area contributed by atoms with Gasteiger partial charge in [-0.3, -0.25) is 4.79 Å². The number of alkyl halides is 1. The molecule has 0 radical (unpaired) electrons. The second kappa shape index (κ2) is 7.24. The molecule has 0 fully saturated rings. The van der Waals surface area contributed by atoms with Crippen LogP contribution < -0.4 is 0 Å². The molecule has 0 bridgehead atoms. The number of amides is 1. The van der Waals surface area contributed by atoms with Crippen LogP contribution in [0.4, 0.5) is 0 Å². The highest BCUT2D eigenvalue weighted by Gasteiger charge is 2.21. The van der Waals surface area contributed by atoms with Crippen molar-refractivity contribution in [2.75, 3.05) is 26.1 Å². The zero-order valence-electron chi connectivity index (χ0n) is 10.9. The lowest BCUT2D eigenvalue weighted by molar-refractivity contribution is -0.125. The Morgan fingerprint density at radius 2 is 2.22 bits per heavy atom. The maximum Gasteiger partial charge on any atom is 0.242 e. The number of halogens is 1. The first-order chi connectivity index (χ1) is 8.61. The number of hydrogen-bond acceptors (Lipinski definition) is 3. The average Bonchev–Trinajstić information content (AvgIpc) is 2.86. The Balaban J connectivity index is 3.07. The first-order valence-electron chi connectivity index (χ1n) is 5.68. The molecule has 100 valence electrons. The summed E-state index contributed by atoms with van der Waals surface area (Å²) in [5, 5.41) is 0. The van der Waals surface area contributed by atoms with Crippen LogP contribution in [0, 0.1) is 0 Å². The summed E-state index contributed by atoms with van der Waals surface area (Å²) in [6.07, 6.45) is 1.58. The second-order valence-electron chi connectivity index (χ2n) is 4.00. The second-order valence-corrected chi connectivity index (χ2v) is 4.26. The molecule has 5 heteroatoms. The van der Waals surface area contributed by atoms with Gasteiger partial charge < -0.3 is 14.1 Å². The minimum Gasteiger partial charge on any atom is -0.463 e. The standard InChI is InChI=1S/C13H18ClNO3/c1-10(2)13(11-5-4-7-18-11)15(6-8-17-3)12(16)9-14/h4-5,7H,6,8-9H2,1-3H3. The van der Waals surface area contributed by atoms with Gasteiger partial charge in [0.15, 0.2) is 0 Å². The number of rotatable bonds is 6. The molecule has 1 rings (SSSR count). The van der Waals surface area contributed by atoms with Gasteiger partial charge in [-0.25, -0.2) is 0 Å². The molecular formula is C13H18ClNO3. The van der Waals surface area contributed by atoms with Gasteiger partial charge in [-0.2, -0.15) is 0 Å². The Labute approximate surface area is 112 Å². The summed E-state index contributed by atoms with van der Waals surface area (Å²) in [6, 6.07) is 3.61. The molecule has 1 heterocycles. The molecular weight excluding hydrogens is 254 g/mol. The van der Waals surface area contributed by atoms with Crippen LogP contribution in [0.5, 0.6) is 0 Å². The van der Waals surface area contributed by atoms with Crippen molar-refractivity contribution < 1.29 is 13.9 Å². The molecule has 0 saturated carbocycles. The van der Waals surface area contributed by atoms with Crippen molar-refractivity contribution in [1.29, 1.82) is 0 Å². The lowest BCUT2D eigenvalue weighted by atomic mass is 10.2. The van der Waals surface area contributed by atoms with E-state index in [0.29, 0.717) is 18.9 Å². The van der Waals surface area contributed by atoms with Crippen LogP contribution in [0.3, 0.4) is 0 Å². The minimum atomic E-state index is -0.165. The summed E-state index contributed by atoms with van der Waals surface area (Å²) >= 11 is 5.65. The van der Waals surface area contributed by atoms with E-state index in [1.807, 2.05) is 19.9 Å². The number of nitrogens with zero attached hydrogens (tertiary/aromatic N) is 1. The predicted octanol–water partition coefficient (Wildman–Crippen LogP) is 2.74. The molecule has 0 aliphatic heterocycles. The first kappa shape index (κ1) is 14.8. The van der Waals surface area contributed by atoms with Crippen molar-refractivity contribution in [1.82, 2.24) is 4.90 Å². The van der Waals surface area contributed by atoms with Crippen LogP contribution in [0.2, 0.25) is 0 Å². The molecule has 0 aromatic carbocycles. The summed E-state index contributed by atoms with van der Waals surface area (Å²) in [4.78, 5) is 13.5. The van der Waals surface area contributed by atoms with E-state index in [1.165, 1.54) is 0 Å². The average molecular weight is 272 g/mol. The summed E-state index contributed by atoms with van der Waals surface area (Å²) in [5.74, 6) is 0.423. The van der Waals surface area contributed by atoms with Crippen molar-refractivity contribution in [3.8, 4) is 0 Å². The normalized spacial score (nSPS) is 10.2. The van der Waals surface area contributed by atoms with E-state index in [4.69, 9.17) is 20.8 Å². The SMILES string of the molecule is COCCN(C(=O)CCl)C(=C(C)C)c1ccco1. The van der Waals surface area contributed by atoms with Gasteiger partial charge in [-0.05, 0) is 31.6 Å². The van der Waals surface area contributed by atoms with Crippen LogP contribution in [0.1, 0.15) is 19.6 Å². The van der Waals surface area contributed by atoms with Gasteiger partial charge in [0.1, 0.15) is 11.6 Å². The first-order valence-corrected chi connectivity index (χ1v) is 6.21. The van der Waals surface area contributed by atoms with E-state index in [1.54, 1.807) is 24.3 Å². The fourth-order valence-electron chi connectivity index (χ4n) is 1.68. The third-order valence-electron chi connectivity index (χ3n) is 2.43. The Hall–Kier alpha value is -1.26. The topological polar surface area (TPSA) is 42.7 Å². The zero-order chi connectivity index (χ0) is 13.5. The molecule has 0 aliphatic rings. The highest BCUT2D eigenvalue weighted by Crippen LogP contribution is 2.24. The maximum absolute atomic E-state index is 11.9. The van der Waals surface area contributed by atoms with E-state index in [-0.39, 0.29) is 11.8 Å². The maximum atomic E-state index is 11.9. The third-order valence-corrected chi connectivity index (χ3v) is 2.66. The van der Waals surface area contributed by atoms with Crippen LogP contribution in [-0.2, 0) is 9.53 Å². The van der Waals surface area contributed by atoms with E-state index < -0.39 is 0 Å². The van der Waals surface area contributed by atoms with Gasteiger partial charge in [0.25, 0.3) is 0 Å². The zero-order valence-corrected chi connectivity index (χ0v) is 11.7. The van der Waals surface area contributed by atoms with Gasteiger partial charge in [0.2, 0.25) is 5.91 Å². The number of carbonyl (C=O) groups is 1. The van der Waals surface area contributed by atoms with Crippen molar-refractivity contribution in [2.24, 2.45) is 0 Å². The highest BCUT2D eigenvalue weighted by molar-refractivity contribution is 6.27. The fraction of sp³-hybridized carbons (Fsp3) is 0.462. The van der Waals surface area contributed by atoms with E-state index in [0.717, 1.165) is 11.3 Å². The van der Waals surface area contributed by atoms with E-state index in [9.17, 15) is 4.79 Å². The Kier molecular flexibility index (Phi) is 5.95. The summed E-state index contributed by atoms with van der Waals surface area (Å²) < 4.78 is 10.4. The van der Waals surface area contributed by atoms with Crippen molar-refractivity contribution in [2.45, 2.75) is 13.8 Å². The van der Waals surface area contributed by atoms with Crippen molar-refractivity contribution >= 4 is 23.2 Å². The lowest BCUT2D eigenvalue weighted by Gasteiger charge is -2.24. The number of carbonyl (C=O) groups excluding carboxylic acids is 1. The number of methoxy groups -OCH3 is 1. The predicted molar refractivity (Wildman–Crippen MR) is 71.3 cm³/mol. The molecule has 4 nitrogen and oxygen atoms in total. The molecule has 0 N–H and O–H groups in total. The van der Waals surface area contributed by atoms with Gasteiger partial charge >= 0.3 is 0 Å². The molecule has 1 aromatic heterocycles. The molecule has 0 atom stereocenters. The van der Waals surface area contributed by atoms with Crippen LogP contribution in [-0.4, -0.2) is 36.9 Å². The highest BCUT2D eigenvalue weighted by atomic mass is 35.5. The molecule has 0 saturated heterocycles. The van der Waals surface area contributed by atoms with Crippen LogP contribution in [0.15, 0.2) is 28.4 Å². The van der Waals surface area contributed by atoms with E-state index in [2.05, 4.69) is 0 Å². The smallest absolute Gasteiger partial charge is 0.242 e. The van der Waals surface area contributed by atoms with Crippen LogP contribution in [0.25, 0.3) is 5.70 Å². The monoisotopic (exact) mass is 271 g/mol. The number of furan rings is 1. The molecule has 18 heavy (non-hydrogen) atoms. The summed E-state index contributed by atoms with van der Waals surface area (Å²) in [5.41, 5.74) is 1.74.